The van der Waals surface area contributed by atoms with Crippen LogP contribution in [0.5, 0.6) is 0 Å². The van der Waals surface area contributed by atoms with E-state index in [1.54, 1.807) is 0 Å². The van der Waals surface area contributed by atoms with E-state index in [1.165, 1.54) is 37.8 Å². The molecule has 0 unspecified atom stereocenters. The normalized spacial score (nSPS) is 15.9. The van der Waals surface area contributed by atoms with E-state index in [1.807, 2.05) is 24.3 Å². The van der Waals surface area contributed by atoms with Crippen LogP contribution in [0.1, 0.15) is 31.2 Å². The van der Waals surface area contributed by atoms with Crippen LogP contribution in [0.15, 0.2) is 48.5 Å². The molecule has 0 atom stereocenters. The van der Waals surface area contributed by atoms with E-state index < -0.39 is 11.6 Å². The maximum absolute atomic E-state index is 13.2. The van der Waals surface area contributed by atoms with Gasteiger partial charge in [-0.2, -0.15) is 0 Å². The molecule has 2 heteroatoms. The molecule has 0 aliphatic heterocycles. The van der Waals surface area contributed by atoms with Crippen molar-refractivity contribution < 1.29 is 8.78 Å². The van der Waals surface area contributed by atoms with Gasteiger partial charge in [0, 0.05) is 6.07 Å². The molecule has 2 aromatic carbocycles. The van der Waals surface area contributed by atoms with E-state index in [0.717, 1.165) is 17.2 Å². The Labute approximate surface area is 124 Å². The third kappa shape index (κ3) is 3.57. The highest BCUT2D eigenvalue weighted by atomic mass is 19.1. The van der Waals surface area contributed by atoms with Gasteiger partial charge in [-0.25, -0.2) is 8.78 Å². The summed E-state index contributed by atoms with van der Waals surface area (Å²) in [4.78, 5) is 0. The zero-order chi connectivity index (χ0) is 14.7. The third-order valence-electron chi connectivity index (χ3n) is 4.07. The topological polar surface area (TPSA) is 0 Å². The minimum Gasteiger partial charge on any atom is -0.207 e. The van der Waals surface area contributed by atoms with E-state index in [9.17, 15) is 8.78 Å². The summed E-state index contributed by atoms with van der Waals surface area (Å²) in [5.41, 5.74) is 2.52. The van der Waals surface area contributed by atoms with Gasteiger partial charge in [-0.1, -0.05) is 49.3 Å². The zero-order valence-electron chi connectivity index (χ0n) is 11.9. The monoisotopic (exact) mass is 284 g/mol. The highest BCUT2D eigenvalue weighted by molar-refractivity contribution is 5.65. The molecular formula is C19H18F2. The number of halogens is 2. The van der Waals surface area contributed by atoms with Crippen LogP contribution in [0.3, 0.4) is 0 Å². The quantitative estimate of drug-likeness (QED) is 0.664. The zero-order valence-corrected chi connectivity index (χ0v) is 11.9. The van der Waals surface area contributed by atoms with Gasteiger partial charge >= 0.3 is 0 Å². The van der Waals surface area contributed by atoms with E-state index >= 15 is 0 Å². The molecule has 1 fully saturated rings. The number of allylic oxidation sites excluding steroid dienone is 1. The third-order valence-corrected chi connectivity index (χ3v) is 4.07. The highest BCUT2D eigenvalue weighted by Gasteiger charge is 2.11. The summed E-state index contributed by atoms with van der Waals surface area (Å²) in [6.45, 7) is 0. The van der Waals surface area contributed by atoms with Crippen LogP contribution in [0.2, 0.25) is 0 Å². The molecular weight excluding hydrogens is 266 g/mol. The van der Waals surface area contributed by atoms with Gasteiger partial charge in [0.2, 0.25) is 0 Å². The SMILES string of the molecule is Fc1cc(F)cc(-c2ccc(C=CC3CCCC3)cc2)c1. The van der Waals surface area contributed by atoms with Crippen molar-refractivity contribution in [3.63, 3.8) is 0 Å². The summed E-state index contributed by atoms with van der Waals surface area (Å²) in [6.07, 6.45) is 9.67. The molecule has 2 aromatic rings. The van der Waals surface area contributed by atoms with Crippen LogP contribution in [-0.4, -0.2) is 0 Å². The van der Waals surface area contributed by atoms with Crippen molar-refractivity contribution in [2.45, 2.75) is 25.7 Å². The Morgan fingerprint density at radius 3 is 2.05 bits per heavy atom. The Bertz CT molecular complexity index is 615. The molecule has 108 valence electrons. The van der Waals surface area contributed by atoms with Crippen LogP contribution >= 0.6 is 0 Å². The summed E-state index contributed by atoms with van der Waals surface area (Å²) in [6, 6.07) is 11.4. The lowest BCUT2D eigenvalue weighted by atomic mass is 10.0. The number of rotatable bonds is 3. The van der Waals surface area contributed by atoms with Crippen LogP contribution < -0.4 is 0 Å². The van der Waals surface area contributed by atoms with Crippen molar-refractivity contribution >= 4 is 6.08 Å². The molecule has 0 nitrogen and oxygen atoms in total. The minimum absolute atomic E-state index is 0.546. The van der Waals surface area contributed by atoms with Crippen molar-refractivity contribution in [1.82, 2.24) is 0 Å². The molecule has 0 amide bonds. The second-order valence-electron chi connectivity index (χ2n) is 5.68. The maximum atomic E-state index is 13.2. The van der Waals surface area contributed by atoms with Crippen molar-refractivity contribution in [3.8, 4) is 11.1 Å². The van der Waals surface area contributed by atoms with Crippen LogP contribution in [-0.2, 0) is 0 Å². The van der Waals surface area contributed by atoms with Gasteiger partial charge in [0.25, 0.3) is 0 Å². The molecule has 21 heavy (non-hydrogen) atoms. The van der Waals surface area contributed by atoms with Gasteiger partial charge in [0.1, 0.15) is 11.6 Å². The Balaban J connectivity index is 1.77. The average Bonchev–Trinajstić information content (AvgIpc) is 2.98. The predicted octanol–water partition coefficient (Wildman–Crippen LogP) is 5.84. The number of hydrogen-bond donors (Lipinski definition) is 0. The first-order valence-corrected chi connectivity index (χ1v) is 7.45. The lowest BCUT2D eigenvalue weighted by Gasteiger charge is -2.04. The summed E-state index contributed by atoms with van der Waals surface area (Å²) < 4.78 is 26.5. The Morgan fingerprint density at radius 1 is 0.810 bits per heavy atom. The Hall–Kier alpha value is -1.96. The molecule has 0 aromatic heterocycles. The molecule has 0 saturated heterocycles. The van der Waals surface area contributed by atoms with Gasteiger partial charge in [-0.3, -0.25) is 0 Å². The second kappa shape index (κ2) is 6.21. The fraction of sp³-hybridized carbons (Fsp3) is 0.263. The number of hydrogen-bond acceptors (Lipinski definition) is 0. The molecule has 0 heterocycles. The molecule has 0 radical (unpaired) electrons. The summed E-state index contributed by atoms with van der Waals surface area (Å²) >= 11 is 0. The standard InChI is InChI=1S/C19H18F2/c20-18-11-17(12-19(21)13-18)16-9-7-15(8-10-16)6-5-14-3-1-2-4-14/h5-14H,1-4H2. The molecule has 0 spiro atoms. The molecule has 1 aliphatic carbocycles. The van der Waals surface area contributed by atoms with Gasteiger partial charge < -0.3 is 0 Å². The fourth-order valence-electron chi connectivity index (χ4n) is 2.90. The fourth-order valence-corrected chi connectivity index (χ4v) is 2.90. The first kappa shape index (κ1) is 14.0. The van der Waals surface area contributed by atoms with Gasteiger partial charge in [0.05, 0.1) is 0 Å². The van der Waals surface area contributed by atoms with Gasteiger partial charge in [-0.05, 0) is 47.6 Å². The lowest BCUT2D eigenvalue weighted by molar-refractivity contribution is 0.584. The van der Waals surface area contributed by atoms with E-state index in [0.29, 0.717) is 11.5 Å². The first-order chi connectivity index (χ1) is 10.2. The van der Waals surface area contributed by atoms with Crippen LogP contribution in [0.25, 0.3) is 17.2 Å². The summed E-state index contributed by atoms with van der Waals surface area (Å²) in [7, 11) is 0. The van der Waals surface area contributed by atoms with Crippen molar-refractivity contribution in [1.29, 1.82) is 0 Å². The predicted molar refractivity (Wildman–Crippen MR) is 82.8 cm³/mol. The second-order valence-corrected chi connectivity index (χ2v) is 5.68. The Kier molecular flexibility index (Phi) is 4.14. The van der Waals surface area contributed by atoms with Crippen LogP contribution in [0.4, 0.5) is 8.78 Å². The summed E-state index contributed by atoms with van der Waals surface area (Å²) in [5.74, 6) is -0.382. The minimum atomic E-state index is -0.546. The largest absolute Gasteiger partial charge is 0.207 e. The van der Waals surface area contributed by atoms with Crippen LogP contribution in [0, 0.1) is 17.6 Å². The maximum Gasteiger partial charge on any atom is 0.126 e. The molecule has 0 bridgehead atoms. The van der Waals surface area contributed by atoms with Crippen molar-refractivity contribution in [2.24, 2.45) is 5.92 Å². The first-order valence-electron chi connectivity index (χ1n) is 7.45. The van der Waals surface area contributed by atoms with Gasteiger partial charge in [-0.15, -0.1) is 0 Å². The number of benzene rings is 2. The average molecular weight is 284 g/mol. The lowest BCUT2D eigenvalue weighted by Crippen LogP contribution is -1.86. The van der Waals surface area contributed by atoms with Crippen molar-refractivity contribution in [3.05, 3.63) is 65.7 Å². The van der Waals surface area contributed by atoms with E-state index in [-0.39, 0.29) is 0 Å². The van der Waals surface area contributed by atoms with E-state index in [2.05, 4.69) is 12.2 Å². The van der Waals surface area contributed by atoms with E-state index in [4.69, 9.17) is 0 Å². The molecule has 1 saturated carbocycles. The molecule has 0 N–H and O–H groups in total. The smallest absolute Gasteiger partial charge is 0.126 e. The Morgan fingerprint density at radius 2 is 1.43 bits per heavy atom. The van der Waals surface area contributed by atoms with Crippen molar-refractivity contribution in [2.75, 3.05) is 0 Å². The molecule has 1 aliphatic rings. The molecule has 3 rings (SSSR count). The summed E-state index contributed by atoms with van der Waals surface area (Å²) in [5, 5.41) is 0. The van der Waals surface area contributed by atoms with Gasteiger partial charge in [0.15, 0.2) is 0 Å². The highest BCUT2D eigenvalue weighted by Crippen LogP contribution is 2.27.